The van der Waals surface area contributed by atoms with Crippen LogP contribution in [0.3, 0.4) is 0 Å². The SMILES string of the molecule is Cc1ccc(-c2nc3c(nc2-c2ccc(Cl)cc2)N(CCCCCCC(=O)O)C(=O)CC3)cc1. The molecule has 6 nitrogen and oxygen atoms in total. The molecule has 2 heterocycles. The molecule has 0 fully saturated rings. The van der Waals surface area contributed by atoms with Crippen LogP contribution in [0.1, 0.15) is 49.8 Å². The van der Waals surface area contributed by atoms with E-state index < -0.39 is 5.97 Å². The quantitative estimate of drug-likeness (QED) is 0.377. The van der Waals surface area contributed by atoms with Gasteiger partial charge in [-0.25, -0.2) is 9.97 Å². The zero-order valence-corrected chi connectivity index (χ0v) is 20.0. The van der Waals surface area contributed by atoms with Crippen LogP contribution in [0.4, 0.5) is 5.82 Å². The fourth-order valence-electron chi connectivity index (χ4n) is 4.18. The highest BCUT2D eigenvalue weighted by Crippen LogP contribution is 2.35. The van der Waals surface area contributed by atoms with Crippen LogP contribution >= 0.6 is 11.6 Å². The van der Waals surface area contributed by atoms with E-state index in [9.17, 15) is 9.59 Å². The predicted molar refractivity (Wildman–Crippen MR) is 134 cm³/mol. The number of benzene rings is 2. The standard InChI is InChI=1S/C27H28ClN3O3/c1-18-7-9-19(10-8-18)25-26(20-11-13-21(28)14-12-20)30-27-22(29-25)15-16-23(32)31(27)17-5-3-2-4-6-24(33)34/h7-14H,2-6,15-17H2,1H3,(H,33,34). The predicted octanol–water partition coefficient (Wildman–Crippen LogP) is 6.09. The number of aromatic nitrogens is 2. The lowest BCUT2D eigenvalue weighted by molar-refractivity contribution is -0.137. The van der Waals surface area contributed by atoms with Gasteiger partial charge < -0.3 is 5.11 Å². The van der Waals surface area contributed by atoms with E-state index in [-0.39, 0.29) is 12.3 Å². The van der Waals surface area contributed by atoms with Crippen molar-refractivity contribution in [2.45, 2.75) is 51.9 Å². The number of rotatable bonds is 9. The van der Waals surface area contributed by atoms with Gasteiger partial charge in [-0.05, 0) is 31.9 Å². The Bertz CT molecular complexity index is 1180. The monoisotopic (exact) mass is 477 g/mol. The number of fused-ring (bicyclic) bond motifs is 1. The van der Waals surface area contributed by atoms with Crippen molar-refractivity contribution in [1.29, 1.82) is 0 Å². The lowest BCUT2D eigenvalue weighted by Gasteiger charge is -2.29. The van der Waals surface area contributed by atoms with E-state index in [0.717, 1.165) is 47.5 Å². The van der Waals surface area contributed by atoms with E-state index in [1.165, 1.54) is 5.56 Å². The first-order chi connectivity index (χ1) is 16.4. The van der Waals surface area contributed by atoms with Crippen molar-refractivity contribution in [3.63, 3.8) is 0 Å². The van der Waals surface area contributed by atoms with Crippen LogP contribution in [0.25, 0.3) is 22.5 Å². The molecule has 2 aromatic carbocycles. The fraction of sp³-hybridized carbons (Fsp3) is 0.333. The van der Waals surface area contributed by atoms with Gasteiger partial charge >= 0.3 is 5.97 Å². The number of carbonyl (C=O) groups excluding carboxylic acids is 1. The highest BCUT2D eigenvalue weighted by molar-refractivity contribution is 6.30. The smallest absolute Gasteiger partial charge is 0.303 e. The molecule has 176 valence electrons. The molecule has 0 spiro atoms. The van der Waals surface area contributed by atoms with Crippen LogP contribution in [0.2, 0.25) is 5.02 Å². The van der Waals surface area contributed by atoms with Gasteiger partial charge in [0.2, 0.25) is 5.91 Å². The topological polar surface area (TPSA) is 83.4 Å². The summed E-state index contributed by atoms with van der Waals surface area (Å²) >= 11 is 6.12. The van der Waals surface area contributed by atoms with Crippen molar-refractivity contribution in [2.75, 3.05) is 11.4 Å². The number of carbonyl (C=O) groups is 2. The number of unbranched alkanes of at least 4 members (excludes halogenated alkanes) is 3. The number of amides is 1. The first-order valence-electron chi connectivity index (χ1n) is 11.7. The molecule has 3 aromatic rings. The minimum Gasteiger partial charge on any atom is -0.481 e. The third-order valence-corrected chi connectivity index (χ3v) is 6.30. The summed E-state index contributed by atoms with van der Waals surface area (Å²) in [5, 5.41) is 9.44. The van der Waals surface area contributed by atoms with E-state index in [0.29, 0.717) is 36.6 Å². The number of carboxylic acid groups (broad SMARTS) is 1. The van der Waals surface area contributed by atoms with Gasteiger partial charge in [-0.1, -0.05) is 66.4 Å². The van der Waals surface area contributed by atoms with E-state index in [1.54, 1.807) is 4.90 Å². The zero-order chi connectivity index (χ0) is 24.1. The van der Waals surface area contributed by atoms with Crippen LogP contribution in [-0.2, 0) is 16.0 Å². The summed E-state index contributed by atoms with van der Waals surface area (Å²) in [5.41, 5.74) is 5.39. The Kier molecular flexibility index (Phi) is 7.58. The average Bonchev–Trinajstić information content (AvgIpc) is 2.82. The first kappa shape index (κ1) is 23.9. The molecule has 0 saturated heterocycles. The largest absolute Gasteiger partial charge is 0.481 e. The molecule has 0 aliphatic carbocycles. The second kappa shape index (κ2) is 10.8. The average molecular weight is 478 g/mol. The number of aryl methyl sites for hydroxylation is 2. The minimum atomic E-state index is -0.769. The lowest BCUT2D eigenvalue weighted by Crippen LogP contribution is -2.37. The highest BCUT2D eigenvalue weighted by Gasteiger charge is 2.28. The molecule has 7 heteroatoms. The van der Waals surface area contributed by atoms with Crippen LogP contribution in [0, 0.1) is 6.92 Å². The molecular weight excluding hydrogens is 450 g/mol. The Morgan fingerprint density at radius 1 is 0.912 bits per heavy atom. The number of hydrogen-bond donors (Lipinski definition) is 1. The Hall–Kier alpha value is -3.25. The van der Waals surface area contributed by atoms with Crippen LogP contribution in [-0.4, -0.2) is 33.5 Å². The molecule has 0 unspecified atom stereocenters. The van der Waals surface area contributed by atoms with E-state index >= 15 is 0 Å². The van der Waals surface area contributed by atoms with Crippen molar-refractivity contribution < 1.29 is 14.7 Å². The Balaban J connectivity index is 1.66. The van der Waals surface area contributed by atoms with Crippen LogP contribution in [0.15, 0.2) is 48.5 Å². The molecule has 1 N–H and O–H groups in total. The van der Waals surface area contributed by atoms with E-state index in [4.69, 9.17) is 26.7 Å². The fourth-order valence-corrected chi connectivity index (χ4v) is 4.30. The molecule has 0 radical (unpaired) electrons. The Labute approximate surface area is 204 Å². The van der Waals surface area contributed by atoms with Crippen molar-refractivity contribution >= 4 is 29.3 Å². The highest BCUT2D eigenvalue weighted by atomic mass is 35.5. The summed E-state index contributed by atoms with van der Waals surface area (Å²) < 4.78 is 0. The molecule has 4 rings (SSSR count). The first-order valence-corrected chi connectivity index (χ1v) is 12.1. The van der Waals surface area contributed by atoms with Crippen molar-refractivity contribution in [2.24, 2.45) is 0 Å². The second-order valence-corrected chi connectivity index (χ2v) is 9.10. The van der Waals surface area contributed by atoms with Crippen LogP contribution in [0.5, 0.6) is 0 Å². The van der Waals surface area contributed by atoms with E-state index in [1.807, 2.05) is 43.3 Å². The Morgan fingerprint density at radius 2 is 1.53 bits per heavy atom. The number of nitrogens with zero attached hydrogens (tertiary/aromatic N) is 3. The van der Waals surface area contributed by atoms with Gasteiger partial charge in [-0.2, -0.15) is 0 Å². The molecule has 0 bridgehead atoms. The summed E-state index contributed by atoms with van der Waals surface area (Å²) in [6.45, 7) is 2.60. The van der Waals surface area contributed by atoms with Gasteiger partial charge in [0, 0.05) is 42.0 Å². The van der Waals surface area contributed by atoms with Crippen molar-refractivity contribution in [1.82, 2.24) is 9.97 Å². The molecule has 1 aromatic heterocycles. The summed E-state index contributed by atoms with van der Waals surface area (Å²) in [4.78, 5) is 35.3. The van der Waals surface area contributed by atoms with Gasteiger partial charge in [-0.3, -0.25) is 14.5 Å². The summed E-state index contributed by atoms with van der Waals surface area (Å²) in [7, 11) is 0. The number of anilines is 1. The van der Waals surface area contributed by atoms with Crippen molar-refractivity contribution in [3.8, 4) is 22.5 Å². The molecule has 1 aliphatic heterocycles. The van der Waals surface area contributed by atoms with E-state index in [2.05, 4.69) is 12.1 Å². The lowest BCUT2D eigenvalue weighted by atomic mass is 10.0. The van der Waals surface area contributed by atoms with Crippen LogP contribution < -0.4 is 4.90 Å². The summed E-state index contributed by atoms with van der Waals surface area (Å²) in [6.07, 6.45) is 4.30. The van der Waals surface area contributed by atoms with Gasteiger partial charge in [0.1, 0.15) is 0 Å². The second-order valence-electron chi connectivity index (χ2n) is 8.67. The minimum absolute atomic E-state index is 0.0532. The number of aliphatic carboxylic acids is 1. The molecule has 1 aliphatic rings. The zero-order valence-electron chi connectivity index (χ0n) is 19.3. The van der Waals surface area contributed by atoms with Gasteiger partial charge in [0.25, 0.3) is 0 Å². The third kappa shape index (κ3) is 5.62. The summed E-state index contributed by atoms with van der Waals surface area (Å²) in [6, 6.07) is 15.7. The molecular formula is C27H28ClN3O3. The van der Waals surface area contributed by atoms with Gasteiger partial charge in [-0.15, -0.1) is 0 Å². The van der Waals surface area contributed by atoms with Gasteiger partial charge in [0.05, 0.1) is 17.1 Å². The maximum atomic E-state index is 12.8. The summed E-state index contributed by atoms with van der Waals surface area (Å²) in [5.74, 6) is -0.0883. The Morgan fingerprint density at radius 3 is 2.21 bits per heavy atom. The molecule has 1 amide bonds. The third-order valence-electron chi connectivity index (χ3n) is 6.04. The maximum absolute atomic E-state index is 12.8. The molecule has 34 heavy (non-hydrogen) atoms. The number of carboxylic acids is 1. The normalized spacial score (nSPS) is 13.1. The molecule has 0 saturated carbocycles. The number of hydrogen-bond acceptors (Lipinski definition) is 4. The number of halogens is 1. The molecule has 0 atom stereocenters. The van der Waals surface area contributed by atoms with Gasteiger partial charge in [0.15, 0.2) is 5.82 Å². The maximum Gasteiger partial charge on any atom is 0.303 e. The van der Waals surface area contributed by atoms with Crippen molar-refractivity contribution in [3.05, 3.63) is 64.8 Å².